The number of benzene rings is 2. The minimum atomic E-state index is 0.649. The Hall–Kier alpha value is -2.40. The van der Waals surface area contributed by atoms with E-state index in [1.54, 1.807) is 10.7 Å². The van der Waals surface area contributed by atoms with Crippen molar-refractivity contribution < 1.29 is 0 Å². The lowest BCUT2D eigenvalue weighted by atomic mass is 10.2. The van der Waals surface area contributed by atoms with E-state index in [9.17, 15) is 0 Å². The van der Waals surface area contributed by atoms with Gasteiger partial charge in [-0.05, 0) is 30.3 Å². The molecule has 0 aliphatic rings. The summed E-state index contributed by atoms with van der Waals surface area (Å²) in [5.74, 6) is 0.723. The van der Waals surface area contributed by atoms with Gasteiger partial charge < -0.3 is 0 Å². The Balaban J connectivity index is 2.06. The molecular weight excluding hydrogens is 262 g/mol. The van der Waals surface area contributed by atoms with Crippen molar-refractivity contribution >= 4 is 33.5 Å². The van der Waals surface area contributed by atoms with E-state index in [2.05, 4.69) is 20.5 Å². The normalized spacial score (nSPS) is 11.4. The molecular formula is C13H8ClN5. The number of aromatic amines is 1. The van der Waals surface area contributed by atoms with E-state index in [0.717, 1.165) is 27.8 Å². The fourth-order valence-corrected chi connectivity index (χ4v) is 2.33. The van der Waals surface area contributed by atoms with E-state index in [-0.39, 0.29) is 0 Å². The standard InChI is InChI=1S/C13H8ClN5/c14-8-5-6-11-12(7-8)19(18-16-11)13-9-3-1-2-4-10(9)15-17-13/h1-7H,(H,15,17). The lowest BCUT2D eigenvalue weighted by Crippen LogP contribution is -1.97. The van der Waals surface area contributed by atoms with Crippen LogP contribution in [-0.4, -0.2) is 25.2 Å². The number of H-pyrrole nitrogens is 1. The summed E-state index contributed by atoms with van der Waals surface area (Å²) >= 11 is 6.03. The highest BCUT2D eigenvalue weighted by Crippen LogP contribution is 2.23. The van der Waals surface area contributed by atoms with Crippen LogP contribution in [0.25, 0.3) is 27.8 Å². The molecule has 0 radical (unpaired) electrons. The van der Waals surface area contributed by atoms with Gasteiger partial charge in [0.15, 0.2) is 5.82 Å². The van der Waals surface area contributed by atoms with Crippen LogP contribution in [0, 0.1) is 0 Å². The molecule has 5 nitrogen and oxygen atoms in total. The van der Waals surface area contributed by atoms with Crippen molar-refractivity contribution in [1.29, 1.82) is 0 Å². The molecule has 4 aromatic rings. The van der Waals surface area contributed by atoms with Gasteiger partial charge in [0.2, 0.25) is 0 Å². The summed E-state index contributed by atoms with van der Waals surface area (Å²) in [6, 6.07) is 13.4. The number of nitrogens with zero attached hydrogens (tertiary/aromatic N) is 4. The van der Waals surface area contributed by atoms with Crippen molar-refractivity contribution in [2.45, 2.75) is 0 Å². The molecule has 0 fully saturated rings. The second-order valence-electron chi connectivity index (χ2n) is 4.23. The van der Waals surface area contributed by atoms with Crippen LogP contribution in [0.1, 0.15) is 0 Å². The van der Waals surface area contributed by atoms with Crippen LogP contribution in [-0.2, 0) is 0 Å². The van der Waals surface area contributed by atoms with Gasteiger partial charge in [-0.2, -0.15) is 9.78 Å². The van der Waals surface area contributed by atoms with Gasteiger partial charge >= 0.3 is 0 Å². The summed E-state index contributed by atoms with van der Waals surface area (Å²) in [5, 5.41) is 17.2. The van der Waals surface area contributed by atoms with E-state index in [0.29, 0.717) is 5.02 Å². The van der Waals surface area contributed by atoms with Crippen LogP contribution in [0.15, 0.2) is 42.5 Å². The van der Waals surface area contributed by atoms with Crippen molar-refractivity contribution in [3.8, 4) is 5.82 Å². The molecule has 6 heteroatoms. The zero-order chi connectivity index (χ0) is 12.8. The number of nitrogens with one attached hydrogen (secondary N) is 1. The number of rotatable bonds is 1. The molecule has 0 saturated heterocycles. The van der Waals surface area contributed by atoms with Crippen molar-refractivity contribution in [1.82, 2.24) is 25.2 Å². The second kappa shape index (κ2) is 3.80. The fourth-order valence-electron chi connectivity index (χ4n) is 2.16. The first-order valence-electron chi connectivity index (χ1n) is 5.77. The van der Waals surface area contributed by atoms with E-state index >= 15 is 0 Å². The molecule has 0 aliphatic carbocycles. The number of fused-ring (bicyclic) bond motifs is 2. The first-order valence-corrected chi connectivity index (χ1v) is 6.15. The Morgan fingerprint density at radius 2 is 2.00 bits per heavy atom. The Morgan fingerprint density at radius 1 is 1.11 bits per heavy atom. The summed E-state index contributed by atoms with van der Waals surface area (Å²) in [7, 11) is 0. The third-order valence-electron chi connectivity index (χ3n) is 3.06. The van der Waals surface area contributed by atoms with Crippen molar-refractivity contribution in [2.24, 2.45) is 0 Å². The Morgan fingerprint density at radius 3 is 2.95 bits per heavy atom. The lowest BCUT2D eigenvalue weighted by molar-refractivity contribution is 0.799. The van der Waals surface area contributed by atoms with Crippen LogP contribution in [0.5, 0.6) is 0 Å². The van der Waals surface area contributed by atoms with Crippen LogP contribution < -0.4 is 0 Å². The number of aromatic nitrogens is 5. The molecule has 2 heterocycles. The third kappa shape index (κ3) is 1.52. The van der Waals surface area contributed by atoms with Crippen LogP contribution in [0.4, 0.5) is 0 Å². The second-order valence-corrected chi connectivity index (χ2v) is 4.66. The van der Waals surface area contributed by atoms with Crippen molar-refractivity contribution in [2.75, 3.05) is 0 Å². The monoisotopic (exact) mass is 269 g/mol. The zero-order valence-electron chi connectivity index (χ0n) is 9.71. The minimum Gasteiger partial charge on any atom is -0.276 e. The highest BCUT2D eigenvalue weighted by Gasteiger charge is 2.12. The molecule has 1 N–H and O–H groups in total. The molecule has 2 aromatic carbocycles. The molecule has 0 bridgehead atoms. The summed E-state index contributed by atoms with van der Waals surface area (Å²) < 4.78 is 1.69. The predicted octanol–water partition coefficient (Wildman–Crippen LogP) is 2.95. The van der Waals surface area contributed by atoms with Gasteiger partial charge in [-0.1, -0.05) is 28.9 Å². The predicted molar refractivity (Wildman–Crippen MR) is 73.5 cm³/mol. The average Bonchev–Trinajstić information content (AvgIpc) is 3.01. The van der Waals surface area contributed by atoms with E-state index < -0.39 is 0 Å². The molecule has 19 heavy (non-hydrogen) atoms. The number of halogens is 1. The van der Waals surface area contributed by atoms with Crippen molar-refractivity contribution in [3.63, 3.8) is 0 Å². The minimum absolute atomic E-state index is 0.649. The summed E-state index contributed by atoms with van der Waals surface area (Å²) in [6.07, 6.45) is 0. The fraction of sp³-hybridized carbons (Fsp3) is 0. The maximum absolute atomic E-state index is 6.03. The Labute approximate surface area is 112 Å². The highest BCUT2D eigenvalue weighted by atomic mass is 35.5. The zero-order valence-corrected chi connectivity index (χ0v) is 10.5. The molecule has 0 unspecified atom stereocenters. The van der Waals surface area contributed by atoms with Gasteiger partial charge in [0.05, 0.1) is 11.0 Å². The number of para-hydroxylation sites is 1. The average molecular weight is 270 g/mol. The molecule has 0 amide bonds. The first kappa shape index (κ1) is 10.5. The molecule has 0 aliphatic heterocycles. The Bertz CT molecular complexity index is 892. The van der Waals surface area contributed by atoms with Gasteiger partial charge in [0.1, 0.15) is 5.52 Å². The molecule has 0 atom stereocenters. The van der Waals surface area contributed by atoms with Crippen LogP contribution >= 0.6 is 11.6 Å². The smallest absolute Gasteiger partial charge is 0.185 e. The maximum atomic E-state index is 6.03. The first-order chi connectivity index (χ1) is 9.33. The number of hydrogen-bond acceptors (Lipinski definition) is 3. The number of hydrogen-bond donors (Lipinski definition) is 1. The van der Waals surface area contributed by atoms with Crippen molar-refractivity contribution in [3.05, 3.63) is 47.5 Å². The molecule has 0 spiro atoms. The Kier molecular flexibility index (Phi) is 2.10. The summed E-state index contributed by atoms with van der Waals surface area (Å²) in [5.41, 5.74) is 2.59. The van der Waals surface area contributed by atoms with Gasteiger partial charge in [0.25, 0.3) is 0 Å². The van der Waals surface area contributed by atoms with Gasteiger partial charge in [-0.15, -0.1) is 5.10 Å². The van der Waals surface area contributed by atoms with Crippen LogP contribution in [0.2, 0.25) is 5.02 Å². The SMILES string of the molecule is Clc1ccc2nnn(-c3n[nH]c4ccccc34)c2c1. The van der Waals surface area contributed by atoms with Gasteiger partial charge in [0, 0.05) is 10.4 Å². The molecule has 2 aromatic heterocycles. The third-order valence-corrected chi connectivity index (χ3v) is 3.29. The van der Waals surface area contributed by atoms with Gasteiger partial charge in [-0.3, -0.25) is 5.10 Å². The molecule has 0 saturated carbocycles. The van der Waals surface area contributed by atoms with Crippen LogP contribution in [0.3, 0.4) is 0 Å². The van der Waals surface area contributed by atoms with E-state index in [1.165, 1.54) is 0 Å². The molecule has 92 valence electrons. The summed E-state index contributed by atoms with van der Waals surface area (Å²) in [6.45, 7) is 0. The van der Waals surface area contributed by atoms with E-state index in [4.69, 9.17) is 11.6 Å². The summed E-state index contributed by atoms with van der Waals surface area (Å²) in [4.78, 5) is 0. The largest absolute Gasteiger partial charge is 0.276 e. The van der Waals surface area contributed by atoms with E-state index in [1.807, 2.05) is 36.4 Å². The lowest BCUT2D eigenvalue weighted by Gasteiger charge is -1.98. The molecule has 4 rings (SSSR count). The quantitative estimate of drug-likeness (QED) is 0.578. The van der Waals surface area contributed by atoms with Gasteiger partial charge in [-0.25, -0.2) is 0 Å². The topological polar surface area (TPSA) is 59.4 Å². The maximum Gasteiger partial charge on any atom is 0.185 e. The highest BCUT2D eigenvalue weighted by molar-refractivity contribution is 6.31.